The third kappa shape index (κ3) is 11.9. The van der Waals surface area contributed by atoms with Crippen molar-refractivity contribution < 1.29 is 5.11 Å². The average Bonchev–Trinajstić information content (AvgIpc) is 2.13. The molecule has 1 nitrogen and oxygen atoms in total. The molecule has 0 aliphatic rings. The Morgan fingerprint density at radius 1 is 0.667 bits per heavy atom. The summed E-state index contributed by atoms with van der Waals surface area (Å²) in [6.45, 7) is 8.99. The molecule has 15 heavy (non-hydrogen) atoms. The second-order valence-electron chi connectivity index (χ2n) is 5.66. The van der Waals surface area contributed by atoms with Gasteiger partial charge in [0.25, 0.3) is 0 Å². The molecule has 1 atom stereocenters. The van der Waals surface area contributed by atoms with Gasteiger partial charge in [-0.05, 0) is 31.1 Å². The second-order valence-corrected chi connectivity index (χ2v) is 5.66. The number of aliphatic hydroxyl groups excluding tert-OH is 1. The summed E-state index contributed by atoms with van der Waals surface area (Å²) < 4.78 is 0. The molecule has 1 heteroatoms. The van der Waals surface area contributed by atoms with Crippen molar-refractivity contribution in [1.29, 1.82) is 0 Å². The SMILES string of the molecule is CC(C)CCCCCC(O)CCC(C)C. The van der Waals surface area contributed by atoms with Gasteiger partial charge in [0.1, 0.15) is 0 Å². The van der Waals surface area contributed by atoms with Crippen LogP contribution in [0, 0.1) is 11.8 Å². The summed E-state index contributed by atoms with van der Waals surface area (Å²) >= 11 is 0. The molecule has 0 radical (unpaired) electrons. The predicted octanol–water partition coefficient (Wildman–Crippen LogP) is 4.39. The third-order valence-electron chi connectivity index (χ3n) is 2.90. The van der Waals surface area contributed by atoms with Gasteiger partial charge in [0, 0.05) is 0 Å². The standard InChI is InChI=1S/C14H30O/c1-12(2)8-6-5-7-9-14(15)11-10-13(3)4/h12-15H,5-11H2,1-4H3. The summed E-state index contributed by atoms with van der Waals surface area (Å²) in [6.07, 6.45) is 8.26. The fraction of sp³-hybridized carbons (Fsp3) is 1.00. The molecule has 0 rings (SSSR count). The first-order valence-corrected chi connectivity index (χ1v) is 6.70. The van der Waals surface area contributed by atoms with Crippen molar-refractivity contribution in [1.82, 2.24) is 0 Å². The van der Waals surface area contributed by atoms with Crippen molar-refractivity contribution in [2.24, 2.45) is 11.8 Å². The van der Waals surface area contributed by atoms with Crippen LogP contribution in [0.2, 0.25) is 0 Å². The minimum atomic E-state index is -0.0496. The van der Waals surface area contributed by atoms with E-state index in [0.717, 1.165) is 31.1 Å². The Labute approximate surface area is 96.3 Å². The molecule has 0 saturated heterocycles. The fourth-order valence-corrected chi connectivity index (χ4v) is 1.78. The molecule has 0 bridgehead atoms. The Kier molecular flexibility index (Phi) is 9.18. The quantitative estimate of drug-likeness (QED) is 0.564. The summed E-state index contributed by atoms with van der Waals surface area (Å²) in [7, 11) is 0. The number of rotatable bonds is 9. The van der Waals surface area contributed by atoms with Crippen molar-refractivity contribution in [3.8, 4) is 0 Å². The Hall–Kier alpha value is -0.0400. The largest absolute Gasteiger partial charge is 0.393 e. The molecule has 0 heterocycles. The van der Waals surface area contributed by atoms with Crippen LogP contribution in [-0.2, 0) is 0 Å². The van der Waals surface area contributed by atoms with E-state index in [-0.39, 0.29) is 6.10 Å². The van der Waals surface area contributed by atoms with Gasteiger partial charge in [-0.1, -0.05) is 53.4 Å². The van der Waals surface area contributed by atoms with Crippen LogP contribution in [0.15, 0.2) is 0 Å². The van der Waals surface area contributed by atoms with E-state index < -0.39 is 0 Å². The maximum atomic E-state index is 9.71. The molecule has 0 aliphatic heterocycles. The molecule has 0 aromatic carbocycles. The first-order valence-electron chi connectivity index (χ1n) is 6.70. The summed E-state index contributed by atoms with van der Waals surface area (Å²) in [5.41, 5.74) is 0. The van der Waals surface area contributed by atoms with Gasteiger partial charge in [0.15, 0.2) is 0 Å². The molecule has 1 unspecified atom stereocenters. The topological polar surface area (TPSA) is 20.2 Å². The molecule has 92 valence electrons. The molecule has 0 fully saturated rings. The first-order chi connectivity index (χ1) is 7.02. The minimum absolute atomic E-state index is 0.0496. The highest BCUT2D eigenvalue weighted by molar-refractivity contribution is 4.58. The summed E-state index contributed by atoms with van der Waals surface area (Å²) in [5, 5.41) is 9.71. The van der Waals surface area contributed by atoms with Gasteiger partial charge in [-0.15, -0.1) is 0 Å². The van der Waals surface area contributed by atoms with Crippen LogP contribution < -0.4 is 0 Å². The molecule has 0 amide bonds. The van der Waals surface area contributed by atoms with Crippen molar-refractivity contribution in [2.45, 2.75) is 78.7 Å². The van der Waals surface area contributed by atoms with Crippen molar-refractivity contribution in [2.75, 3.05) is 0 Å². The van der Waals surface area contributed by atoms with Crippen molar-refractivity contribution in [3.05, 3.63) is 0 Å². The van der Waals surface area contributed by atoms with Gasteiger partial charge in [0.05, 0.1) is 6.10 Å². The van der Waals surface area contributed by atoms with E-state index >= 15 is 0 Å². The molecule has 0 aliphatic carbocycles. The van der Waals surface area contributed by atoms with E-state index in [0.29, 0.717) is 0 Å². The lowest BCUT2D eigenvalue weighted by atomic mass is 9.99. The van der Waals surface area contributed by atoms with Crippen LogP contribution in [-0.4, -0.2) is 11.2 Å². The van der Waals surface area contributed by atoms with E-state index in [1.165, 1.54) is 25.7 Å². The van der Waals surface area contributed by atoms with E-state index in [4.69, 9.17) is 0 Å². The second kappa shape index (κ2) is 9.21. The predicted molar refractivity (Wildman–Crippen MR) is 68.0 cm³/mol. The van der Waals surface area contributed by atoms with Crippen LogP contribution in [0.1, 0.15) is 72.6 Å². The van der Waals surface area contributed by atoms with Gasteiger partial charge >= 0.3 is 0 Å². The number of unbranched alkanes of at least 4 members (excludes halogenated alkanes) is 2. The molecular formula is C14H30O. The van der Waals surface area contributed by atoms with Gasteiger partial charge < -0.3 is 5.11 Å². The van der Waals surface area contributed by atoms with Crippen LogP contribution in [0.25, 0.3) is 0 Å². The highest BCUT2D eigenvalue weighted by Gasteiger charge is 2.05. The smallest absolute Gasteiger partial charge is 0.0540 e. The zero-order chi connectivity index (χ0) is 11.7. The Balaban J connectivity index is 3.20. The van der Waals surface area contributed by atoms with E-state index in [9.17, 15) is 5.11 Å². The third-order valence-corrected chi connectivity index (χ3v) is 2.90. The molecule has 0 saturated carbocycles. The summed E-state index contributed by atoms with van der Waals surface area (Å²) in [5.74, 6) is 1.55. The number of hydrogen-bond donors (Lipinski definition) is 1. The molecular weight excluding hydrogens is 184 g/mol. The number of hydrogen-bond acceptors (Lipinski definition) is 1. The highest BCUT2D eigenvalue weighted by atomic mass is 16.3. The fourth-order valence-electron chi connectivity index (χ4n) is 1.78. The summed E-state index contributed by atoms with van der Waals surface area (Å²) in [6, 6.07) is 0. The summed E-state index contributed by atoms with van der Waals surface area (Å²) in [4.78, 5) is 0. The monoisotopic (exact) mass is 214 g/mol. The maximum Gasteiger partial charge on any atom is 0.0540 e. The van der Waals surface area contributed by atoms with Crippen molar-refractivity contribution >= 4 is 0 Å². The Morgan fingerprint density at radius 3 is 1.73 bits per heavy atom. The molecule has 0 aromatic heterocycles. The van der Waals surface area contributed by atoms with E-state index in [1.807, 2.05) is 0 Å². The molecule has 0 aromatic rings. The lowest BCUT2D eigenvalue weighted by Crippen LogP contribution is -2.07. The first kappa shape index (κ1) is 15.0. The van der Waals surface area contributed by atoms with Gasteiger partial charge in [-0.25, -0.2) is 0 Å². The van der Waals surface area contributed by atoms with Crippen LogP contribution in [0.3, 0.4) is 0 Å². The van der Waals surface area contributed by atoms with E-state index in [2.05, 4.69) is 27.7 Å². The zero-order valence-electron chi connectivity index (χ0n) is 11.1. The van der Waals surface area contributed by atoms with Crippen LogP contribution in [0.5, 0.6) is 0 Å². The number of aliphatic hydroxyl groups is 1. The Bertz CT molecular complexity index is 129. The lowest BCUT2D eigenvalue weighted by Gasteiger charge is -2.12. The normalized spacial score (nSPS) is 13.8. The Morgan fingerprint density at radius 2 is 1.20 bits per heavy atom. The maximum absolute atomic E-state index is 9.71. The zero-order valence-corrected chi connectivity index (χ0v) is 11.1. The average molecular weight is 214 g/mol. The van der Waals surface area contributed by atoms with Crippen LogP contribution >= 0.6 is 0 Å². The van der Waals surface area contributed by atoms with Gasteiger partial charge in [-0.3, -0.25) is 0 Å². The van der Waals surface area contributed by atoms with Crippen molar-refractivity contribution in [3.63, 3.8) is 0 Å². The molecule has 1 N–H and O–H groups in total. The highest BCUT2D eigenvalue weighted by Crippen LogP contribution is 2.14. The van der Waals surface area contributed by atoms with Gasteiger partial charge in [0.2, 0.25) is 0 Å². The minimum Gasteiger partial charge on any atom is -0.393 e. The van der Waals surface area contributed by atoms with Crippen LogP contribution in [0.4, 0.5) is 0 Å². The van der Waals surface area contributed by atoms with E-state index in [1.54, 1.807) is 0 Å². The van der Waals surface area contributed by atoms with Gasteiger partial charge in [-0.2, -0.15) is 0 Å². The molecule has 0 spiro atoms. The lowest BCUT2D eigenvalue weighted by molar-refractivity contribution is 0.143.